The minimum Gasteiger partial charge on any atom is -0.449 e. The van der Waals surface area contributed by atoms with Gasteiger partial charge in [-0.2, -0.15) is 0 Å². The first-order valence-corrected chi connectivity index (χ1v) is 12.4. The second-order valence-electron chi connectivity index (χ2n) is 7.96. The van der Waals surface area contributed by atoms with Gasteiger partial charge in [0.1, 0.15) is 11.4 Å². The van der Waals surface area contributed by atoms with Crippen LogP contribution in [0.4, 0.5) is 11.4 Å². The highest BCUT2D eigenvalue weighted by molar-refractivity contribution is 7.92. The van der Waals surface area contributed by atoms with E-state index in [-0.39, 0.29) is 22.2 Å². The summed E-state index contributed by atoms with van der Waals surface area (Å²) in [6.07, 6.45) is 0. The van der Waals surface area contributed by atoms with Crippen LogP contribution < -0.4 is 15.0 Å². The first-order chi connectivity index (χ1) is 17.0. The zero-order valence-electron chi connectivity index (χ0n) is 19.4. The second kappa shape index (κ2) is 9.51. The first-order valence-electron chi connectivity index (χ1n) is 10.6. The Balaban J connectivity index is 1.72. The third-order valence-corrected chi connectivity index (χ3v) is 7.19. The van der Waals surface area contributed by atoms with E-state index in [0.717, 1.165) is 17.7 Å². The maximum Gasteiger partial charge on any atom is 0.312 e. The number of aromatic nitrogens is 2. The van der Waals surface area contributed by atoms with Crippen LogP contribution in [0.25, 0.3) is 5.69 Å². The average molecular weight is 529 g/mol. The van der Waals surface area contributed by atoms with Crippen LogP contribution in [0.2, 0.25) is 5.02 Å². The van der Waals surface area contributed by atoms with Gasteiger partial charge in [0, 0.05) is 13.1 Å². The van der Waals surface area contributed by atoms with Crippen LogP contribution in [0.15, 0.2) is 76.4 Å². The molecule has 3 aromatic carbocycles. The summed E-state index contributed by atoms with van der Waals surface area (Å²) in [5, 5.41) is 12.0. The van der Waals surface area contributed by atoms with Crippen molar-refractivity contribution in [3.8, 4) is 17.2 Å². The number of hydrogen-bond acceptors (Lipinski definition) is 6. The lowest BCUT2D eigenvalue weighted by Crippen LogP contribution is -2.23. The number of sulfonamides is 1. The van der Waals surface area contributed by atoms with Crippen molar-refractivity contribution in [2.24, 2.45) is 7.05 Å². The van der Waals surface area contributed by atoms with Crippen molar-refractivity contribution in [2.75, 3.05) is 4.72 Å². The van der Waals surface area contributed by atoms with Crippen molar-refractivity contribution in [1.82, 2.24) is 9.36 Å². The number of hydrogen-bond donors (Lipinski definition) is 1. The molecule has 0 spiro atoms. The monoisotopic (exact) mass is 528 g/mol. The van der Waals surface area contributed by atoms with Crippen molar-refractivity contribution in [1.29, 1.82) is 0 Å². The number of ether oxygens (including phenoxy) is 1. The topological polar surface area (TPSA) is 125 Å². The molecule has 1 aromatic heterocycles. The van der Waals surface area contributed by atoms with Gasteiger partial charge in [-0.3, -0.25) is 24.3 Å². The van der Waals surface area contributed by atoms with Crippen LogP contribution >= 0.6 is 11.6 Å². The molecule has 4 aromatic rings. The predicted molar refractivity (Wildman–Crippen MR) is 136 cm³/mol. The van der Waals surface area contributed by atoms with Gasteiger partial charge in [0.15, 0.2) is 0 Å². The highest BCUT2D eigenvalue weighted by atomic mass is 35.5. The fourth-order valence-electron chi connectivity index (χ4n) is 3.58. The molecule has 0 saturated carbocycles. The number of nitro benzene ring substituents is 1. The predicted octanol–water partition coefficient (Wildman–Crippen LogP) is 4.95. The number of nitrogens with one attached hydrogen (secondary N) is 1. The van der Waals surface area contributed by atoms with Crippen LogP contribution in [0.5, 0.6) is 11.5 Å². The number of para-hydroxylation sites is 1. The molecule has 186 valence electrons. The van der Waals surface area contributed by atoms with E-state index in [2.05, 4.69) is 4.72 Å². The Kier molecular flexibility index (Phi) is 6.61. The Morgan fingerprint density at radius 3 is 2.36 bits per heavy atom. The highest BCUT2D eigenvalue weighted by Gasteiger charge is 2.26. The molecular formula is C24H21ClN4O6S. The van der Waals surface area contributed by atoms with Crippen LogP contribution in [-0.4, -0.2) is 22.7 Å². The van der Waals surface area contributed by atoms with Gasteiger partial charge >= 0.3 is 5.69 Å². The molecular weight excluding hydrogens is 508 g/mol. The molecule has 0 radical (unpaired) electrons. The molecule has 36 heavy (non-hydrogen) atoms. The average Bonchev–Trinajstić information content (AvgIpc) is 3.04. The van der Waals surface area contributed by atoms with E-state index < -0.39 is 31.1 Å². The summed E-state index contributed by atoms with van der Waals surface area (Å²) in [6, 6.07) is 16.9. The summed E-state index contributed by atoms with van der Waals surface area (Å²) in [6.45, 7) is 3.39. The Bertz CT molecular complexity index is 1650. The van der Waals surface area contributed by atoms with E-state index in [0.29, 0.717) is 11.4 Å². The molecule has 0 saturated heterocycles. The van der Waals surface area contributed by atoms with E-state index in [1.807, 2.05) is 0 Å². The van der Waals surface area contributed by atoms with Crippen molar-refractivity contribution in [3.63, 3.8) is 0 Å². The highest BCUT2D eigenvalue weighted by Crippen LogP contribution is 2.37. The molecule has 0 aliphatic carbocycles. The van der Waals surface area contributed by atoms with Crippen molar-refractivity contribution in [2.45, 2.75) is 18.7 Å². The van der Waals surface area contributed by atoms with Crippen molar-refractivity contribution >= 4 is 33.0 Å². The molecule has 0 fully saturated rings. The standard InChI is InChI=1S/C24H21ClN4O6S/c1-15-9-11-19(25)22(13-15)35-21-12-10-18(14-20(21)29(31)32)36(33,34)26-23-16(2)27(3)28(24(23)30)17-7-5-4-6-8-17/h4-14,26H,1-3H3. The Morgan fingerprint density at radius 1 is 1.00 bits per heavy atom. The molecule has 0 aliphatic heterocycles. The van der Waals surface area contributed by atoms with Crippen LogP contribution in [0.3, 0.4) is 0 Å². The van der Waals surface area contributed by atoms with Crippen LogP contribution in [0, 0.1) is 24.0 Å². The lowest BCUT2D eigenvalue weighted by Gasteiger charge is -2.11. The van der Waals surface area contributed by atoms with Gasteiger partial charge in [-0.1, -0.05) is 35.9 Å². The van der Waals surface area contributed by atoms with Gasteiger partial charge in [-0.05, 0) is 55.8 Å². The maximum atomic E-state index is 13.2. The fraction of sp³-hybridized carbons (Fsp3) is 0.125. The van der Waals surface area contributed by atoms with E-state index in [4.69, 9.17) is 16.3 Å². The van der Waals surface area contributed by atoms with Gasteiger partial charge < -0.3 is 4.74 Å². The Hall–Kier alpha value is -4.09. The summed E-state index contributed by atoms with van der Waals surface area (Å²) < 4.78 is 37.1. The minimum absolute atomic E-state index is 0.170. The minimum atomic E-state index is -4.37. The van der Waals surface area contributed by atoms with E-state index in [1.54, 1.807) is 69.4 Å². The molecule has 12 heteroatoms. The molecule has 4 rings (SSSR count). The van der Waals surface area contributed by atoms with Crippen LogP contribution in [-0.2, 0) is 17.1 Å². The zero-order valence-corrected chi connectivity index (χ0v) is 21.0. The maximum absolute atomic E-state index is 13.2. The molecule has 0 amide bonds. The quantitative estimate of drug-likeness (QED) is 0.267. The summed E-state index contributed by atoms with van der Waals surface area (Å²) in [4.78, 5) is 23.7. The first kappa shape index (κ1) is 25.0. The van der Waals surface area contributed by atoms with Gasteiger partial charge in [0.2, 0.25) is 5.75 Å². The Morgan fingerprint density at radius 2 is 1.69 bits per heavy atom. The molecule has 0 bridgehead atoms. The molecule has 0 atom stereocenters. The number of nitro groups is 1. The molecule has 0 aliphatic rings. The third kappa shape index (κ3) is 4.70. The number of nitrogens with zero attached hydrogens (tertiary/aromatic N) is 3. The lowest BCUT2D eigenvalue weighted by atomic mass is 10.2. The largest absolute Gasteiger partial charge is 0.449 e. The van der Waals surface area contributed by atoms with Gasteiger partial charge in [0.25, 0.3) is 15.6 Å². The third-order valence-electron chi connectivity index (χ3n) is 5.53. The van der Waals surface area contributed by atoms with E-state index in [9.17, 15) is 23.3 Å². The Labute approximate surface area is 211 Å². The smallest absolute Gasteiger partial charge is 0.312 e. The molecule has 10 nitrogen and oxygen atoms in total. The van der Waals surface area contributed by atoms with Crippen molar-refractivity contribution < 1.29 is 18.1 Å². The molecule has 1 N–H and O–H groups in total. The van der Waals surface area contributed by atoms with E-state index >= 15 is 0 Å². The number of benzene rings is 3. The lowest BCUT2D eigenvalue weighted by molar-refractivity contribution is -0.385. The normalized spacial score (nSPS) is 11.3. The number of halogens is 1. The number of aryl methyl sites for hydroxylation is 1. The number of rotatable bonds is 7. The van der Waals surface area contributed by atoms with Gasteiger partial charge in [-0.25, -0.2) is 13.1 Å². The summed E-state index contributed by atoms with van der Waals surface area (Å²) in [5.74, 6) is 0.00338. The van der Waals surface area contributed by atoms with Gasteiger partial charge in [-0.15, -0.1) is 0 Å². The summed E-state index contributed by atoms with van der Waals surface area (Å²) in [5.41, 5.74) is 0.382. The SMILES string of the molecule is Cc1ccc(Cl)c(Oc2ccc(S(=O)(=O)Nc3c(C)n(C)n(-c4ccccc4)c3=O)cc2[N+](=O)[O-])c1. The summed E-state index contributed by atoms with van der Waals surface area (Å²) in [7, 11) is -2.75. The van der Waals surface area contributed by atoms with Crippen LogP contribution in [0.1, 0.15) is 11.3 Å². The molecule has 1 heterocycles. The zero-order chi connectivity index (χ0) is 26.2. The van der Waals surface area contributed by atoms with Gasteiger partial charge in [0.05, 0.1) is 26.2 Å². The number of anilines is 1. The summed E-state index contributed by atoms with van der Waals surface area (Å²) >= 11 is 6.13. The van der Waals surface area contributed by atoms with Crippen molar-refractivity contribution in [3.05, 3.63) is 103 Å². The molecule has 0 unspecified atom stereocenters. The van der Waals surface area contributed by atoms with E-state index in [1.165, 1.54) is 15.4 Å². The second-order valence-corrected chi connectivity index (χ2v) is 10.1. The fourth-order valence-corrected chi connectivity index (χ4v) is 4.87.